The molecule has 0 aromatic carbocycles. The Balaban J connectivity index is -0.00000000667. The Hall–Kier alpha value is 0.734. The van der Waals surface area contributed by atoms with Crippen LogP contribution in [0.25, 0.3) is 0 Å². The molecule has 0 saturated heterocycles. The van der Waals surface area contributed by atoms with Gasteiger partial charge in [0.15, 0.2) is 0 Å². The Labute approximate surface area is 63.5 Å². The van der Waals surface area contributed by atoms with Gasteiger partial charge in [-0.25, -0.2) is 0 Å². The average Bonchev–Trinajstić information content (AvgIpc) is 0.918. The first-order valence-electron chi connectivity index (χ1n) is 0.704. The SMILES string of the molecule is C[C-]=O.[CH3-].[OH-].[Y]. The maximum Gasteiger partial charge on any atom is 0 e. The van der Waals surface area contributed by atoms with Gasteiger partial charge in [0, 0.05) is 32.7 Å². The fraction of sp³-hybridized carbons (Fsp3) is 0.333. The van der Waals surface area contributed by atoms with Gasteiger partial charge in [0.1, 0.15) is 0 Å². The molecule has 0 aliphatic heterocycles. The molecule has 6 heavy (non-hydrogen) atoms. The van der Waals surface area contributed by atoms with Crippen molar-refractivity contribution in [2.45, 2.75) is 6.92 Å². The van der Waals surface area contributed by atoms with Gasteiger partial charge in [0.25, 0.3) is 0 Å². The third-order valence-electron chi connectivity index (χ3n) is 0. The molecule has 0 aromatic heterocycles. The normalized spacial score (nSPS) is 2.17. The smallest absolute Gasteiger partial charge is 0 e. The third-order valence-corrected chi connectivity index (χ3v) is 0. The zero-order valence-electron chi connectivity index (χ0n) is 3.93. The van der Waals surface area contributed by atoms with E-state index in [1.54, 1.807) is 0 Å². The molecule has 0 fully saturated rings. The van der Waals surface area contributed by atoms with Crippen LogP contribution in [0.1, 0.15) is 6.92 Å². The van der Waals surface area contributed by atoms with Crippen LogP contribution in [0.3, 0.4) is 0 Å². The van der Waals surface area contributed by atoms with Crippen molar-refractivity contribution in [3.8, 4) is 0 Å². The second-order valence-corrected chi connectivity index (χ2v) is 0.204. The standard InChI is InChI=1S/C2H3O.CH3.H2O.Y/c1-2-3;;;/h1H3;1H3;1H2;/q2*-1;;/p-1. The van der Waals surface area contributed by atoms with Crippen LogP contribution in [0.5, 0.6) is 0 Å². The maximum atomic E-state index is 8.68. The Morgan fingerprint density at radius 2 is 1.50 bits per heavy atom. The van der Waals surface area contributed by atoms with Crippen LogP contribution in [0.4, 0.5) is 0 Å². The molecular formula is C3H7O2Y-3. The van der Waals surface area contributed by atoms with Gasteiger partial charge in [-0.15, -0.1) is 0 Å². The largest absolute Gasteiger partial charge is 0.870 e. The Morgan fingerprint density at radius 1 is 1.50 bits per heavy atom. The molecule has 0 amide bonds. The molecule has 0 spiro atoms. The van der Waals surface area contributed by atoms with E-state index in [1.165, 1.54) is 13.2 Å². The average molecular weight is 164 g/mol. The zero-order chi connectivity index (χ0) is 2.71. The molecule has 3 heteroatoms. The van der Waals surface area contributed by atoms with Crippen molar-refractivity contribution in [3.05, 3.63) is 7.43 Å². The van der Waals surface area contributed by atoms with Gasteiger partial charge in [-0.1, -0.05) is 0 Å². The predicted octanol–water partition coefficient (Wildman–Crippen LogP) is 0.387. The predicted molar refractivity (Wildman–Crippen MR) is 19.7 cm³/mol. The first-order valence-corrected chi connectivity index (χ1v) is 0.704. The van der Waals surface area contributed by atoms with E-state index in [9.17, 15) is 0 Å². The van der Waals surface area contributed by atoms with Crippen LogP contribution in [-0.4, -0.2) is 11.8 Å². The van der Waals surface area contributed by atoms with Crippen LogP contribution in [0.15, 0.2) is 0 Å². The molecular weight excluding hydrogens is 157 g/mol. The summed E-state index contributed by atoms with van der Waals surface area (Å²) in [6, 6.07) is 0. The van der Waals surface area contributed by atoms with E-state index in [4.69, 9.17) is 4.79 Å². The molecule has 0 bridgehead atoms. The topological polar surface area (TPSA) is 47.1 Å². The van der Waals surface area contributed by atoms with Gasteiger partial charge >= 0.3 is 0 Å². The molecule has 1 N–H and O–H groups in total. The first-order chi connectivity index (χ1) is 1.41. The number of rotatable bonds is 0. The minimum Gasteiger partial charge on any atom is -0.870 e. The van der Waals surface area contributed by atoms with Gasteiger partial charge in [-0.2, -0.15) is 6.92 Å². The van der Waals surface area contributed by atoms with E-state index in [-0.39, 0.29) is 45.6 Å². The van der Waals surface area contributed by atoms with Crippen molar-refractivity contribution >= 4 is 6.29 Å². The van der Waals surface area contributed by atoms with Gasteiger partial charge in [-0.3, -0.25) is 6.29 Å². The Kier molecular flexibility index (Phi) is 211. The molecule has 0 unspecified atom stereocenters. The molecule has 0 aromatic rings. The van der Waals surface area contributed by atoms with E-state index in [0.29, 0.717) is 0 Å². The zero-order valence-corrected chi connectivity index (χ0v) is 6.77. The second-order valence-electron chi connectivity index (χ2n) is 0.204. The van der Waals surface area contributed by atoms with Crippen molar-refractivity contribution in [3.63, 3.8) is 0 Å². The molecule has 0 aliphatic rings. The maximum absolute atomic E-state index is 8.68. The molecule has 0 heterocycles. The quantitative estimate of drug-likeness (QED) is 0.486. The van der Waals surface area contributed by atoms with Crippen molar-refractivity contribution in [1.29, 1.82) is 0 Å². The Bertz CT molecular complexity index is 16.3. The summed E-state index contributed by atoms with van der Waals surface area (Å²) in [5, 5.41) is 0. The fourth-order valence-electron chi connectivity index (χ4n) is 0. The van der Waals surface area contributed by atoms with Crippen molar-refractivity contribution < 1.29 is 43.0 Å². The molecule has 0 aliphatic carbocycles. The minimum absolute atomic E-state index is 0. The number of hydrogen-bond donors (Lipinski definition) is 0. The van der Waals surface area contributed by atoms with Gasteiger partial charge in [-0.05, 0) is 0 Å². The second kappa shape index (κ2) is 42.7. The van der Waals surface area contributed by atoms with Crippen LogP contribution >= 0.6 is 0 Å². The molecule has 1 radical (unpaired) electrons. The van der Waals surface area contributed by atoms with Crippen molar-refractivity contribution in [2.24, 2.45) is 0 Å². The van der Waals surface area contributed by atoms with Crippen molar-refractivity contribution in [1.82, 2.24) is 0 Å². The molecule has 2 nitrogen and oxygen atoms in total. The first kappa shape index (κ1) is 29.6. The van der Waals surface area contributed by atoms with Gasteiger partial charge in [0.2, 0.25) is 0 Å². The summed E-state index contributed by atoms with van der Waals surface area (Å²) in [6.45, 7) is 1.32. The summed E-state index contributed by atoms with van der Waals surface area (Å²) in [5.74, 6) is 0. The number of hydrogen-bond acceptors (Lipinski definition) is 2. The van der Waals surface area contributed by atoms with E-state index >= 15 is 0 Å². The van der Waals surface area contributed by atoms with Crippen LogP contribution in [0, 0.1) is 7.43 Å². The monoisotopic (exact) mass is 164 g/mol. The van der Waals surface area contributed by atoms with Gasteiger partial charge in [0.05, 0.1) is 0 Å². The minimum atomic E-state index is 0. The molecule has 0 atom stereocenters. The van der Waals surface area contributed by atoms with Gasteiger partial charge < -0.3 is 17.7 Å². The summed E-state index contributed by atoms with van der Waals surface area (Å²) < 4.78 is 0. The van der Waals surface area contributed by atoms with Crippen LogP contribution < -0.4 is 0 Å². The fourth-order valence-corrected chi connectivity index (χ4v) is 0. The molecule has 37 valence electrons. The van der Waals surface area contributed by atoms with E-state index in [2.05, 4.69) is 0 Å². The number of carbonyl (C=O) groups excluding carboxylic acids is 1. The third kappa shape index (κ3) is 123. The van der Waals surface area contributed by atoms with E-state index < -0.39 is 0 Å². The van der Waals surface area contributed by atoms with E-state index in [0.717, 1.165) is 0 Å². The van der Waals surface area contributed by atoms with Crippen LogP contribution in [0.2, 0.25) is 0 Å². The molecule has 0 rings (SSSR count). The summed E-state index contributed by atoms with van der Waals surface area (Å²) >= 11 is 0. The summed E-state index contributed by atoms with van der Waals surface area (Å²) in [6.07, 6.45) is 1.50. The Morgan fingerprint density at radius 3 is 1.50 bits per heavy atom. The summed E-state index contributed by atoms with van der Waals surface area (Å²) in [5.41, 5.74) is 0. The molecule has 0 saturated carbocycles. The summed E-state index contributed by atoms with van der Waals surface area (Å²) in [4.78, 5) is 8.68. The van der Waals surface area contributed by atoms with Crippen LogP contribution in [-0.2, 0) is 37.5 Å². The van der Waals surface area contributed by atoms with Crippen molar-refractivity contribution in [2.75, 3.05) is 0 Å². The van der Waals surface area contributed by atoms with E-state index in [1.807, 2.05) is 0 Å². The summed E-state index contributed by atoms with van der Waals surface area (Å²) in [7, 11) is 0.